The molecule has 2 aromatic heterocycles. The van der Waals surface area contributed by atoms with Gasteiger partial charge in [0.05, 0.1) is 5.02 Å². The van der Waals surface area contributed by atoms with Crippen LogP contribution in [0.3, 0.4) is 0 Å². The molecule has 0 aliphatic heterocycles. The highest BCUT2D eigenvalue weighted by molar-refractivity contribution is 7.21. The molecule has 3 aromatic rings. The summed E-state index contributed by atoms with van der Waals surface area (Å²) in [5, 5.41) is 10.9. The first-order valence-electron chi connectivity index (χ1n) is 5.65. The van der Waals surface area contributed by atoms with E-state index in [1.807, 2.05) is 31.2 Å². The predicted molar refractivity (Wildman–Crippen MR) is 78.1 cm³/mol. The van der Waals surface area contributed by atoms with E-state index < -0.39 is 0 Å². The standard InChI is InChI=1S/C13H10ClN3OS/c1-7-6-10(17-16-7)15-13(18)12-11(14)8-4-2-3-5-9(8)19-12/h2-6H,1H3,(H2,15,16,17,18). The SMILES string of the molecule is Cc1cc(NC(=O)c2sc3ccccc3c2Cl)n[nH]1. The van der Waals surface area contributed by atoms with Gasteiger partial charge in [0.1, 0.15) is 4.88 Å². The van der Waals surface area contributed by atoms with Crippen LogP contribution >= 0.6 is 22.9 Å². The zero-order chi connectivity index (χ0) is 13.4. The van der Waals surface area contributed by atoms with Crippen LogP contribution in [0.25, 0.3) is 10.1 Å². The highest BCUT2D eigenvalue weighted by Gasteiger charge is 2.17. The number of aromatic nitrogens is 2. The lowest BCUT2D eigenvalue weighted by Crippen LogP contribution is -2.10. The summed E-state index contributed by atoms with van der Waals surface area (Å²) in [6.07, 6.45) is 0. The van der Waals surface area contributed by atoms with Gasteiger partial charge >= 0.3 is 0 Å². The molecule has 0 spiro atoms. The molecule has 2 heterocycles. The van der Waals surface area contributed by atoms with Crippen LogP contribution in [0.15, 0.2) is 30.3 Å². The number of fused-ring (bicyclic) bond motifs is 1. The number of carbonyl (C=O) groups excluding carboxylic acids is 1. The lowest BCUT2D eigenvalue weighted by molar-refractivity contribution is 0.103. The molecule has 0 aliphatic carbocycles. The van der Waals surface area contributed by atoms with Crippen molar-refractivity contribution in [3.63, 3.8) is 0 Å². The average molecular weight is 292 g/mol. The maximum atomic E-state index is 12.2. The Balaban J connectivity index is 1.95. The zero-order valence-electron chi connectivity index (χ0n) is 10.0. The summed E-state index contributed by atoms with van der Waals surface area (Å²) < 4.78 is 0.996. The fourth-order valence-corrected chi connectivity index (χ4v) is 3.23. The third kappa shape index (κ3) is 2.22. The van der Waals surface area contributed by atoms with E-state index >= 15 is 0 Å². The third-order valence-corrected chi connectivity index (χ3v) is 4.36. The van der Waals surface area contributed by atoms with Gasteiger partial charge in [-0.3, -0.25) is 9.89 Å². The first-order chi connectivity index (χ1) is 9.15. The molecule has 4 nitrogen and oxygen atoms in total. The Morgan fingerprint density at radius 2 is 2.21 bits per heavy atom. The Kier molecular flexibility index (Phi) is 3.00. The Hall–Kier alpha value is -1.85. The van der Waals surface area contributed by atoms with Gasteiger partial charge < -0.3 is 5.32 Å². The molecule has 0 aliphatic rings. The summed E-state index contributed by atoms with van der Waals surface area (Å²) in [7, 11) is 0. The number of amides is 1. The van der Waals surface area contributed by atoms with Crippen LogP contribution in [0.4, 0.5) is 5.82 Å². The highest BCUT2D eigenvalue weighted by atomic mass is 35.5. The number of rotatable bonds is 2. The van der Waals surface area contributed by atoms with Gasteiger partial charge in [0.2, 0.25) is 0 Å². The third-order valence-electron chi connectivity index (χ3n) is 2.69. The van der Waals surface area contributed by atoms with E-state index in [2.05, 4.69) is 15.5 Å². The van der Waals surface area contributed by atoms with Gasteiger partial charge in [0.15, 0.2) is 5.82 Å². The number of carbonyl (C=O) groups is 1. The average Bonchev–Trinajstić information content (AvgIpc) is 2.94. The van der Waals surface area contributed by atoms with E-state index in [1.54, 1.807) is 6.07 Å². The quantitative estimate of drug-likeness (QED) is 0.754. The summed E-state index contributed by atoms with van der Waals surface area (Å²) in [5.74, 6) is 0.258. The largest absolute Gasteiger partial charge is 0.304 e. The summed E-state index contributed by atoms with van der Waals surface area (Å²) in [6.45, 7) is 1.87. The van der Waals surface area contributed by atoms with Crippen LogP contribution in [-0.4, -0.2) is 16.1 Å². The van der Waals surface area contributed by atoms with Crippen LogP contribution in [-0.2, 0) is 0 Å². The fraction of sp³-hybridized carbons (Fsp3) is 0.0769. The van der Waals surface area contributed by atoms with Gasteiger partial charge in [-0.2, -0.15) is 5.10 Å². The molecular weight excluding hydrogens is 282 g/mol. The molecule has 0 saturated heterocycles. The number of anilines is 1. The molecule has 2 N–H and O–H groups in total. The Morgan fingerprint density at radius 3 is 2.89 bits per heavy atom. The Labute approximate surface area is 118 Å². The van der Waals surface area contributed by atoms with Crippen LogP contribution < -0.4 is 5.32 Å². The highest BCUT2D eigenvalue weighted by Crippen LogP contribution is 2.35. The second-order valence-electron chi connectivity index (χ2n) is 4.13. The molecule has 0 unspecified atom stereocenters. The van der Waals surface area contributed by atoms with Crippen molar-refractivity contribution in [2.24, 2.45) is 0 Å². The minimum atomic E-state index is -0.238. The molecule has 0 atom stereocenters. The molecule has 1 amide bonds. The number of H-pyrrole nitrogens is 1. The molecule has 6 heteroatoms. The van der Waals surface area contributed by atoms with E-state index in [9.17, 15) is 4.79 Å². The van der Waals surface area contributed by atoms with Gasteiger partial charge in [0.25, 0.3) is 5.91 Å². The van der Waals surface area contributed by atoms with E-state index in [0.29, 0.717) is 15.7 Å². The lowest BCUT2D eigenvalue weighted by Gasteiger charge is -1.98. The van der Waals surface area contributed by atoms with Crippen molar-refractivity contribution < 1.29 is 4.79 Å². The molecular formula is C13H10ClN3OS. The minimum absolute atomic E-state index is 0.238. The van der Waals surface area contributed by atoms with E-state index in [0.717, 1.165) is 15.8 Å². The number of nitrogens with one attached hydrogen (secondary N) is 2. The van der Waals surface area contributed by atoms with Crippen LogP contribution in [0.5, 0.6) is 0 Å². The van der Waals surface area contributed by atoms with Gasteiger partial charge in [-0.25, -0.2) is 0 Å². The minimum Gasteiger partial charge on any atom is -0.304 e. The second kappa shape index (κ2) is 4.68. The molecule has 3 rings (SSSR count). The normalized spacial score (nSPS) is 10.8. The number of halogens is 1. The maximum Gasteiger partial charge on any atom is 0.268 e. The molecule has 1 aromatic carbocycles. The molecule has 19 heavy (non-hydrogen) atoms. The lowest BCUT2D eigenvalue weighted by atomic mass is 10.2. The topological polar surface area (TPSA) is 57.8 Å². The number of benzene rings is 1. The van der Waals surface area contributed by atoms with Gasteiger partial charge in [-0.15, -0.1) is 11.3 Å². The number of hydrogen-bond acceptors (Lipinski definition) is 3. The fourth-order valence-electron chi connectivity index (χ4n) is 1.82. The number of aryl methyl sites for hydroxylation is 1. The van der Waals surface area contributed by atoms with Gasteiger partial charge in [0, 0.05) is 21.8 Å². The monoisotopic (exact) mass is 291 g/mol. The van der Waals surface area contributed by atoms with Crippen molar-refractivity contribution in [2.75, 3.05) is 5.32 Å². The Morgan fingerprint density at radius 1 is 1.42 bits per heavy atom. The van der Waals surface area contributed by atoms with Crippen LogP contribution in [0, 0.1) is 6.92 Å². The molecule has 96 valence electrons. The van der Waals surface area contributed by atoms with Crippen molar-refractivity contribution in [3.8, 4) is 0 Å². The predicted octanol–water partition coefficient (Wildman–Crippen LogP) is 3.84. The van der Waals surface area contributed by atoms with Gasteiger partial charge in [-0.1, -0.05) is 29.8 Å². The van der Waals surface area contributed by atoms with Crippen molar-refractivity contribution in [2.45, 2.75) is 6.92 Å². The van der Waals surface area contributed by atoms with Crippen LogP contribution in [0.2, 0.25) is 5.02 Å². The second-order valence-corrected chi connectivity index (χ2v) is 5.56. The first-order valence-corrected chi connectivity index (χ1v) is 6.85. The van der Waals surface area contributed by atoms with E-state index in [1.165, 1.54) is 11.3 Å². The maximum absolute atomic E-state index is 12.2. The van der Waals surface area contributed by atoms with Gasteiger partial charge in [-0.05, 0) is 13.0 Å². The summed E-state index contributed by atoms with van der Waals surface area (Å²) in [6, 6.07) is 9.44. The Bertz CT molecular complexity index is 762. The first kappa shape index (κ1) is 12.2. The molecule has 0 saturated carbocycles. The van der Waals surface area contributed by atoms with Crippen LogP contribution in [0.1, 0.15) is 15.4 Å². The van der Waals surface area contributed by atoms with E-state index in [4.69, 9.17) is 11.6 Å². The van der Waals surface area contributed by atoms with Crippen molar-refractivity contribution in [1.82, 2.24) is 10.2 Å². The van der Waals surface area contributed by atoms with Crippen molar-refractivity contribution >= 4 is 44.7 Å². The van der Waals surface area contributed by atoms with Crippen molar-refractivity contribution in [1.29, 1.82) is 0 Å². The molecule has 0 radical (unpaired) electrons. The number of hydrogen-bond donors (Lipinski definition) is 2. The van der Waals surface area contributed by atoms with Crippen molar-refractivity contribution in [3.05, 3.63) is 45.9 Å². The summed E-state index contributed by atoms with van der Waals surface area (Å²) in [4.78, 5) is 12.7. The number of aromatic amines is 1. The summed E-state index contributed by atoms with van der Waals surface area (Å²) >= 11 is 7.62. The smallest absolute Gasteiger partial charge is 0.268 e. The van der Waals surface area contributed by atoms with E-state index in [-0.39, 0.29) is 5.91 Å². The number of thiophene rings is 1. The molecule has 0 fully saturated rings. The number of nitrogens with zero attached hydrogens (tertiary/aromatic N) is 1. The molecule has 0 bridgehead atoms. The summed E-state index contributed by atoms with van der Waals surface area (Å²) in [5.41, 5.74) is 0.887. The zero-order valence-corrected chi connectivity index (χ0v) is 11.6.